The van der Waals surface area contributed by atoms with Gasteiger partial charge in [-0.15, -0.1) is 11.3 Å². The quantitative estimate of drug-likeness (QED) is 0.721. The number of amides is 1. The van der Waals surface area contributed by atoms with Crippen LogP contribution in [0.3, 0.4) is 0 Å². The maximum atomic E-state index is 12.2. The van der Waals surface area contributed by atoms with Crippen LogP contribution < -0.4 is 0 Å². The Morgan fingerprint density at radius 1 is 1.12 bits per heavy atom. The number of hydrogen-bond acceptors (Lipinski definition) is 6. The third kappa shape index (κ3) is 3.62. The summed E-state index contributed by atoms with van der Waals surface area (Å²) in [5.74, 6) is 0.220. The van der Waals surface area contributed by atoms with Gasteiger partial charge in [-0.25, -0.2) is 4.98 Å². The van der Waals surface area contributed by atoms with E-state index in [0.29, 0.717) is 18.8 Å². The van der Waals surface area contributed by atoms with Crippen molar-refractivity contribution in [2.24, 2.45) is 0 Å². The van der Waals surface area contributed by atoms with E-state index in [9.17, 15) is 4.79 Å². The van der Waals surface area contributed by atoms with Crippen molar-refractivity contribution in [1.82, 2.24) is 19.9 Å². The highest BCUT2D eigenvalue weighted by molar-refractivity contribution is 7.13. The number of carbonyl (C=O) groups excluding carboxylic acids is 1. The van der Waals surface area contributed by atoms with Gasteiger partial charge in [0.2, 0.25) is 5.76 Å². The first-order chi connectivity index (χ1) is 12.3. The van der Waals surface area contributed by atoms with E-state index in [2.05, 4.69) is 27.6 Å². The topological polar surface area (TPSA) is 62.5 Å². The predicted molar refractivity (Wildman–Crippen MR) is 95.2 cm³/mol. The van der Waals surface area contributed by atoms with Gasteiger partial charge in [0, 0.05) is 49.7 Å². The van der Waals surface area contributed by atoms with Crippen molar-refractivity contribution in [2.75, 3.05) is 26.2 Å². The van der Waals surface area contributed by atoms with Crippen LogP contribution in [-0.4, -0.2) is 52.0 Å². The van der Waals surface area contributed by atoms with Crippen molar-refractivity contribution in [1.29, 1.82) is 0 Å². The minimum absolute atomic E-state index is 0.0860. The van der Waals surface area contributed by atoms with Gasteiger partial charge in [-0.1, -0.05) is 35.5 Å². The molecule has 6 nitrogen and oxygen atoms in total. The number of piperazine rings is 1. The molecule has 0 saturated carbocycles. The largest absolute Gasteiger partial charge is 0.351 e. The van der Waals surface area contributed by atoms with Crippen LogP contribution in [0.1, 0.15) is 16.2 Å². The molecule has 1 aliphatic rings. The molecule has 128 valence electrons. The molecule has 7 heteroatoms. The minimum atomic E-state index is -0.0860. The van der Waals surface area contributed by atoms with Crippen LogP contribution >= 0.6 is 11.3 Å². The molecular weight excluding hydrogens is 336 g/mol. The molecule has 3 heterocycles. The summed E-state index contributed by atoms with van der Waals surface area (Å²) >= 11 is 1.67. The second-order valence-electron chi connectivity index (χ2n) is 5.96. The maximum absolute atomic E-state index is 12.2. The Balaban J connectivity index is 1.33. The molecule has 1 aliphatic heterocycles. The number of rotatable bonds is 4. The number of thiazole rings is 1. The third-order valence-corrected chi connectivity index (χ3v) is 5.21. The highest BCUT2D eigenvalue weighted by atomic mass is 32.1. The lowest BCUT2D eigenvalue weighted by Crippen LogP contribution is -2.48. The van der Waals surface area contributed by atoms with E-state index >= 15 is 0 Å². The first-order valence-corrected chi connectivity index (χ1v) is 9.10. The molecule has 0 N–H and O–H groups in total. The molecule has 4 rings (SSSR count). The van der Waals surface area contributed by atoms with Gasteiger partial charge >= 0.3 is 0 Å². The van der Waals surface area contributed by atoms with E-state index in [1.807, 2.05) is 23.1 Å². The molecule has 1 saturated heterocycles. The highest BCUT2D eigenvalue weighted by Gasteiger charge is 2.24. The Labute approximate surface area is 149 Å². The van der Waals surface area contributed by atoms with Crippen molar-refractivity contribution < 1.29 is 9.32 Å². The molecule has 1 amide bonds. The number of aromatic nitrogens is 2. The monoisotopic (exact) mass is 354 g/mol. The Hall–Kier alpha value is -2.51. The molecule has 0 aliphatic carbocycles. The molecule has 0 radical (unpaired) electrons. The standard InChI is InChI=1S/C18H18N4O2S/c23-18(16-6-7-19-24-16)22-10-8-21(9-11-22)12-15-13-25-17(20-15)14-4-2-1-3-5-14/h1-7,13H,8-12H2. The molecule has 0 spiro atoms. The fraction of sp³-hybridized carbons (Fsp3) is 0.278. The Morgan fingerprint density at radius 3 is 2.64 bits per heavy atom. The first-order valence-electron chi connectivity index (χ1n) is 8.22. The predicted octanol–water partition coefficient (Wildman–Crippen LogP) is 2.76. The Morgan fingerprint density at radius 2 is 1.92 bits per heavy atom. The minimum Gasteiger partial charge on any atom is -0.351 e. The maximum Gasteiger partial charge on any atom is 0.292 e. The first kappa shape index (κ1) is 16.0. The van der Waals surface area contributed by atoms with Gasteiger partial charge in [-0.2, -0.15) is 0 Å². The molecule has 3 aromatic rings. The SMILES string of the molecule is O=C(c1ccno1)N1CCN(Cc2csc(-c3ccccc3)n2)CC1. The van der Waals surface area contributed by atoms with E-state index < -0.39 is 0 Å². The lowest BCUT2D eigenvalue weighted by molar-refractivity contribution is 0.0587. The van der Waals surface area contributed by atoms with Gasteiger partial charge < -0.3 is 9.42 Å². The molecular formula is C18H18N4O2S. The van der Waals surface area contributed by atoms with E-state index in [-0.39, 0.29) is 5.91 Å². The number of benzene rings is 1. The molecule has 0 bridgehead atoms. The van der Waals surface area contributed by atoms with E-state index in [1.54, 1.807) is 17.4 Å². The van der Waals surface area contributed by atoms with Crippen molar-refractivity contribution in [3.05, 3.63) is 59.4 Å². The summed E-state index contributed by atoms with van der Waals surface area (Å²) in [6, 6.07) is 11.8. The summed E-state index contributed by atoms with van der Waals surface area (Å²) < 4.78 is 4.95. The van der Waals surface area contributed by atoms with Crippen molar-refractivity contribution >= 4 is 17.2 Å². The number of nitrogens with zero attached hydrogens (tertiary/aromatic N) is 4. The van der Waals surface area contributed by atoms with Crippen LogP contribution in [0.25, 0.3) is 10.6 Å². The smallest absolute Gasteiger partial charge is 0.292 e. The fourth-order valence-corrected chi connectivity index (χ4v) is 3.73. The Kier molecular flexibility index (Phi) is 4.58. The highest BCUT2D eigenvalue weighted by Crippen LogP contribution is 2.24. The van der Waals surface area contributed by atoms with Gasteiger partial charge in [0.25, 0.3) is 5.91 Å². The Bertz CT molecular complexity index is 824. The van der Waals surface area contributed by atoms with Gasteiger partial charge in [-0.3, -0.25) is 9.69 Å². The van der Waals surface area contributed by atoms with Crippen molar-refractivity contribution in [2.45, 2.75) is 6.54 Å². The molecule has 0 unspecified atom stereocenters. The molecule has 25 heavy (non-hydrogen) atoms. The third-order valence-electron chi connectivity index (χ3n) is 4.27. The molecule has 2 aromatic heterocycles. The second kappa shape index (κ2) is 7.16. The average molecular weight is 354 g/mol. The number of carbonyl (C=O) groups is 1. The zero-order valence-electron chi connectivity index (χ0n) is 13.7. The van der Waals surface area contributed by atoms with Crippen LogP contribution in [0.5, 0.6) is 0 Å². The number of hydrogen-bond donors (Lipinski definition) is 0. The van der Waals surface area contributed by atoms with E-state index in [4.69, 9.17) is 9.51 Å². The zero-order chi connectivity index (χ0) is 17.1. The second-order valence-corrected chi connectivity index (χ2v) is 6.81. The van der Waals surface area contributed by atoms with Crippen molar-refractivity contribution in [3.8, 4) is 10.6 Å². The van der Waals surface area contributed by atoms with Gasteiger partial charge in [0.15, 0.2) is 0 Å². The molecule has 1 fully saturated rings. The van der Waals surface area contributed by atoms with Crippen LogP contribution in [0.2, 0.25) is 0 Å². The summed E-state index contributed by atoms with van der Waals surface area (Å²) in [7, 11) is 0. The van der Waals surface area contributed by atoms with E-state index in [0.717, 1.165) is 35.9 Å². The van der Waals surface area contributed by atoms with Crippen LogP contribution in [-0.2, 0) is 6.54 Å². The molecule has 0 atom stereocenters. The van der Waals surface area contributed by atoms with Gasteiger partial charge in [-0.05, 0) is 0 Å². The summed E-state index contributed by atoms with van der Waals surface area (Å²) in [5.41, 5.74) is 2.24. The van der Waals surface area contributed by atoms with Gasteiger partial charge in [0.05, 0.1) is 11.9 Å². The summed E-state index contributed by atoms with van der Waals surface area (Å²) in [6.07, 6.45) is 1.50. The summed E-state index contributed by atoms with van der Waals surface area (Å²) in [4.78, 5) is 21.1. The van der Waals surface area contributed by atoms with Crippen LogP contribution in [0.4, 0.5) is 0 Å². The van der Waals surface area contributed by atoms with Crippen LogP contribution in [0.15, 0.2) is 52.5 Å². The average Bonchev–Trinajstić information content (AvgIpc) is 3.35. The van der Waals surface area contributed by atoms with Crippen molar-refractivity contribution in [3.63, 3.8) is 0 Å². The fourth-order valence-electron chi connectivity index (χ4n) is 2.91. The van der Waals surface area contributed by atoms with E-state index in [1.165, 1.54) is 6.20 Å². The normalized spacial score (nSPS) is 15.4. The summed E-state index contributed by atoms with van der Waals surface area (Å²) in [5, 5.41) is 6.77. The molecule has 1 aromatic carbocycles. The van der Waals surface area contributed by atoms with Gasteiger partial charge in [0.1, 0.15) is 5.01 Å². The lowest BCUT2D eigenvalue weighted by atomic mass is 10.2. The zero-order valence-corrected chi connectivity index (χ0v) is 14.5. The summed E-state index contributed by atoms with van der Waals surface area (Å²) in [6.45, 7) is 3.86. The lowest BCUT2D eigenvalue weighted by Gasteiger charge is -2.33. The van der Waals surface area contributed by atoms with Crippen LogP contribution in [0, 0.1) is 0 Å².